The third kappa shape index (κ3) is 6.36. The fraction of sp³-hybridized carbons (Fsp3) is 0.571. The zero-order chi connectivity index (χ0) is 25.1. The van der Waals surface area contributed by atoms with Crippen molar-refractivity contribution < 1.29 is 70.5 Å². The van der Waals surface area contributed by atoms with Crippen molar-refractivity contribution in [3.63, 3.8) is 0 Å². The predicted octanol–water partition coefficient (Wildman–Crippen LogP) is 3.79. The molecule has 0 radical (unpaired) electrons. The fourth-order valence-electron chi connectivity index (χ4n) is 3.86. The van der Waals surface area contributed by atoms with Crippen molar-refractivity contribution in [2.75, 3.05) is 0 Å². The van der Waals surface area contributed by atoms with E-state index in [0.29, 0.717) is 11.5 Å². The van der Waals surface area contributed by atoms with Crippen LogP contribution >= 0.6 is 0 Å². The molecule has 0 fully saturated rings. The molecule has 0 amide bonds. The number of fused-ring (bicyclic) bond motifs is 1. The van der Waals surface area contributed by atoms with E-state index in [2.05, 4.69) is 68.4 Å². The van der Waals surface area contributed by atoms with Gasteiger partial charge in [-0.05, 0) is 50.5 Å². The van der Waals surface area contributed by atoms with Gasteiger partial charge in [0.1, 0.15) is 11.5 Å². The normalized spacial score (nSPS) is 14.2. The Hall–Kier alpha value is -0.659. The van der Waals surface area contributed by atoms with Gasteiger partial charge in [0.05, 0.1) is 5.75 Å². The molecule has 34 heavy (non-hydrogen) atoms. The molecule has 1 aliphatic rings. The van der Waals surface area contributed by atoms with Gasteiger partial charge in [-0.2, -0.15) is 0 Å². The average Bonchev–Trinajstić information content (AvgIpc) is 3.01. The van der Waals surface area contributed by atoms with Gasteiger partial charge >= 0.3 is 58.7 Å². The SMILES string of the molecule is CC(C)(C)c1cc(OB2Oc3cc(C(C)(C)C)cc(C(C)(C)C)c3O2)c([O-])c(C(C)(C)C)c1.[K+]. The zero-order valence-electron chi connectivity index (χ0n) is 23.5. The number of benzene rings is 2. The van der Waals surface area contributed by atoms with Crippen LogP contribution < -0.4 is 70.5 Å². The Balaban J connectivity index is 0.00000408. The van der Waals surface area contributed by atoms with E-state index in [0.717, 1.165) is 16.7 Å². The molecule has 3 rings (SSSR count). The standard InChI is InChI=1S/C28H41BO4.K/c1-25(2,3)17-13-19(27(7,8)9)23(30)21(15-17)31-29-32-22-16-18(26(4,5)6)14-20(24(22)33-29)28(10,11)12;/h13-16,30H,1-12H3;/q;+1/p-1. The summed E-state index contributed by atoms with van der Waals surface area (Å²) in [5, 5.41) is 13.3. The van der Waals surface area contributed by atoms with Gasteiger partial charge < -0.3 is 19.1 Å². The van der Waals surface area contributed by atoms with Crippen molar-refractivity contribution in [2.45, 2.75) is 105 Å². The summed E-state index contributed by atoms with van der Waals surface area (Å²) < 4.78 is 18.4. The number of hydrogen-bond acceptors (Lipinski definition) is 4. The van der Waals surface area contributed by atoms with Gasteiger partial charge in [-0.1, -0.05) is 101 Å². The van der Waals surface area contributed by atoms with Gasteiger partial charge in [0.15, 0.2) is 0 Å². The van der Waals surface area contributed by atoms with Crippen LogP contribution in [0.3, 0.4) is 0 Å². The van der Waals surface area contributed by atoms with Crippen LogP contribution in [0.1, 0.15) is 105 Å². The minimum atomic E-state index is -1.01. The summed E-state index contributed by atoms with van der Waals surface area (Å²) in [7, 11) is -1.01. The summed E-state index contributed by atoms with van der Waals surface area (Å²) in [6.45, 7) is 25.5. The molecule has 0 saturated heterocycles. The molecule has 1 aliphatic heterocycles. The van der Waals surface area contributed by atoms with Crippen molar-refractivity contribution in [2.24, 2.45) is 0 Å². The molecule has 0 saturated carbocycles. The molecule has 0 spiro atoms. The van der Waals surface area contributed by atoms with Crippen LogP contribution in [0.2, 0.25) is 0 Å². The average molecular weight is 491 g/mol. The molecule has 2 aromatic carbocycles. The van der Waals surface area contributed by atoms with Crippen LogP contribution in [0, 0.1) is 0 Å². The summed E-state index contributed by atoms with van der Waals surface area (Å²) in [5.41, 5.74) is 3.39. The molecule has 0 atom stereocenters. The Kier molecular flexibility index (Phi) is 8.40. The maximum atomic E-state index is 13.3. The second kappa shape index (κ2) is 9.66. The molecule has 1 heterocycles. The molecule has 0 unspecified atom stereocenters. The van der Waals surface area contributed by atoms with Crippen molar-refractivity contribution >= 4 is 7.32 Å². The number of hydrogen-bond donors (Lipinski definition) is 0. The van der Waals surface area contributed by atoms with E-state index in [-0.39, 0.29) is 84.5 Å². The Morgan fingerprint density at radius 3 is 1.59 bits per heavy atom. The molecular weight excluding hydrogens is 450 g/mol. The van der Waals surface area contributed by atoms with Crippen LogP contribution in [0.25, 0.3) is 0 Å². The van der Waals surface area contributed by atoms with Crippen molar-refractivity contribution in [3.8, 4) is 23.0 Å². The maximum absolute atomic E-state index is 13.3. The first-order valence-electron chi connectivity index (χ1n) is 11.8. The van der Waals surface area contributed by atoms with Gasteiger partial charge in [0, 0.05) is 5.56 Å². The summed E-state index contributed by atoms with van der Waals surface area (Å²) >= 11 is 0. The minimum Gasteiger partial charge on any atom is -0.870 e. The molecule has 0 aromatic heterocycles. The first-order valence-corrected chi connectivity index (χ1v) is 11.8. The summed E-state index contributed by atoms with van der Waals surface area (Å²) in [6.07, 6.45) is 0. The topological polar surface area (TPSA) is 50.8 Å². The van der Waals surface area contributed by atoms with Gasteiger partial charge in [0.25, 0.3) is 0 Å². The van der Waals surface area contributed by atoms with Crippen molar-refractivity contribution in [1.29, 1.82) is 0 Å². The van der Waals surface area contributed by atoms with Crippen LogP contribution in [-0.2, 0) is 21.7 Å². The second-order valence-corrected chi connectivity index (χ2v) is 13.3. The summed E-state index contributed by atoms with van der Waals surface area (Å²) in [4.78, 5) is 0. The van der Waals surface area contributed by atoms with Crippen LogP contribution in [0.4, 0.5) is 0 Å². The molecule has 0 aliphatic carbocycles. The third-order valence-corrected chi connectivity index (χ3v) is 6.12. The molecule has 6 heteroatoms. The Labute approximate surface area is 249 Å². The van der Waals surface area contributed by atoms with Gasteiger partial charge in [0.2, 0.25) is 0 Å². The van der Waals surface area contributed by atoms with Gasteiger partial charge in [-0.15, -0.1) is 0 Å². The Morgan fingerprint density at radius 2 is 1.12 bits per heavy atom. The molecule has 180 valence electrons. The first-order chi connectivity index (χ1) is 14.8. The van der Waals surface area contributed by atoms with Gasteiger partial charge in [-0.25, -0.2) is 0 Å². The number of rotatable bonds is 2. The Bertz CT molecular complexity index is 1050. The monoisotopic (exact) mass is 490 g/mol. The zero-order valence-corrected chi connectivity index (χ0v) is 26.6. The molecule has 0 N–H and O–H groups in total. The fourth-order valence-corrected chi connectivity index (χ4v) is 3.86. The molecule has 0 bridgehead atoms. The molecule has 4 nitrogen and oxygen atoms in total. The summed E-state index contributed by atoms with van der Waals surface area (Å²) in [6, 6.07) is 8.06. The second-order valence-electron chi connectivity index (χ2n) is 13.3. The third-order valence-electron chi connectivity index (χ3n) is 6.12. The van der Waals surface area contributed by atoms with E-state index in [9.17, 15) is 5.11 Å². The molecule has 2 aromatic rings. The van der Waals surface area contributed by atoms with Crippen LogP contribution in [0.15, 0.2) is 24.3 Å². The van der Waals surface area contributed by atoms with Crippen molar-refractivity contribution in [3.05, 3.63) is 46.5 Å². The van der Waals surface area contributed by atoms with E-state index in [1.807, 2.05) is 39.0 Å². The first kappa shape index (κ1) is 29.6. The van der Waals surface area contributed by atoms with Crippen LogP contribution in [0.5, 0.6) is 23.0 Å². The van der Waals surface area contributed by atoms with E-state index >= 15 is 0 Å². The minimum absolute atomic E-state index is 0. The van der Waals surface area contributed by atoms with E-state index in [1.165, 1.54) is 5.56 Å². The van der Waals surface area contributed by atoms with E-state index in [4.69, 9.17) is 14.0 Å². The summed E-state index contributed by atoms with van der Waals surface area (Å²) in [5.74, 6) is 1.49. The largest absolute Gasteiger partial charge is 1.00 e. The predicted molar refractivity (Wildman–Crippen MR) is 135 cm³/mol. The van der Waals surface area contributed by atoms with Crippen molar-refractivity contribution in [1.82, 2.24) is 0 Å². The quantitative estimate of drug-likeness (QED) is 0.602. The molecular formula is C28H40BKO4. The van der Waals surface area contributed by atoms with Gasteiger partial charge in [-0.3, -0.25) is 0 Å². The van der Waals surface area contributed by atoms with E-state index in [1.54, 1.807) is 0 Å². The maximum Gasteiger partial charge on any atom is 1.00 e. The van der Waals surface area contributed by atoms with Crippen LogP contribution in [-0.4, -0.2) is 7.32 Å². The van der Waals surface area contributed by atoms with E-state index < -0.39 is 7.32 Å². The Morgan fingerprint density at radius 1 is 0.647 bits per heavy atom. The smallest absolute Gasteiger partial charge is 0.870 e.